The summed E-state index contributed by atoms with van der Waals surface area (Å²) in [4.78, 5) is 32.6. The van der Waals surface area contributed by atoms with E-state index in [-0.39, 0.29) is 36.3 Å². The van der Waals surface area contributed by atoms with Crippen LogP contribution in [0.2, 0.25) is 5.02 Å². The lowest BCUT2D eigenvalue weighted by Gasteiger charge is -2.26. The fourth-order valence-corrected chi connectivity index (χ4v) is 4.43. The van der Waals surface area contributed by atoms with Crippen LogP contribution < -0.4 is 0 Å². The second-order valence-electron chi connectivity index (χ2n) is 8.44. The van der Waals surface area contributed by atoms with Crippen molar-refractivity contribution in [3.8, 4) is 5.75 Å². The number of fused-ring (bicyclic) bond motifs is 1. The quantitative estimate of drug-likeness (QED) is 0.382. The van der Waals surface area contributed by atoms with Crippen LogP contribution in [0.4, 0.5) is 0 Å². The number of allylic oxidation sites excluding steroid dienone is 1. The highest BCUT2D eigenvalue weighted by atomic mass is 35.5. The van der Waals surface area contributed by atoms with Gasteiger partial charge in [-0.2, -0.15) is 0 Å². The molecule has 0 radical (unpaired) electrons. The van der Waals surface area contributed by atoms with Crippen molar-refractivity contribution >= 4 is 29.2 Å². The third kappa shape index (κ3) is 6.97. The lowest BCUT2D eigenvalue weighted by atomic mass is 9.93. The second-order valence-corrected chi connectivity index (χ2v) is 8.82. The summed E-state index contributed by atoms with van der Waals surface area (Å²) in [5, 5.41) is 14.8. The van der Waals surface area contributed by atoms with Gasteiger partial charge in [0.1, 0.15) is 12.4 Å². The number of ether oxygens (including phenoxy) is 1. The van der Waals surface area contributed by atoms with Crippen molar-refractivity contribution in [2.45, 2.75) is 64.7 Å². The number of esters is 1. The topological polar surface area (TPSA) is 88.4 Å². The van der Waals surface area contributed by atoms with E-state index >= 15 is 0 Å². The van der Waals surface area contributed by atoms with E-state index in [2.05, 4.69) is 5.16 Å². The van der Waals surface area contributed by atoms with Gasteiger partial charge in [-0.25, -0.2) is 4.79 Å². The van der Waals surface area contributed by atoms with E-state index < -0.39 is 5.97 Å². The highest BCUT2D eigenvalue weighted by molar-refractivity contribution is 6.33. The van der Waals surface area contributed by atoms with Gasteiger partial charge in [-0.15, -0.1) is 0 Å². The summed E-state index contributed by atoms with van der Waals surface area (Å²) in [6.07, 6.45) is 11.1. The molecule has 3 rings (SSSR count). The molecule has 2 aliphatic rings. The standard InChI is InChI=1S/C25H33ClN2O5/c1-2-18-15-21(29)24(26)20-16-19(27-33-17-22(30)28-12-8-6-9-13-28)11-7-4-3-5-10-14-32-25(31)23(18)20/h5,10,15,29H,2-4,6-9,11-14,16-17H2,1H3/b10-5+,27-19-. The van der Waals surface area contributed by atoms with Crippen molar-refractivity contribution in [3.05, 3.63) is 39.9 Å². The zero-order chi connectivity index (χ0) is 23.6. The van der Waals surface area contributed by atoms with Crippen molar-refractivity contribution in [3.63, 3.8) is 0 Å². The first kappa shape index (κ1) is 25.1. The lowest BCUT2D eigenvalue weighted by Crippen LogP contribution is -2.37. The molecule has 1 aromatic carbocycles. The fourth-order valence-electron chi connectivity index (χ4n) is 4.21. The van der Waals surface area contributed by atoms with Crippen molar-refractivity contribution in [2.75, 3.05) is 26.3 Å². The van der Waals surface area contributed by atoms with E-state index in [1.165, 1.54) is 6.07 Å². The monoisotopic (exact) mass is 476 g/mol. The number of hydrogen-bond donors (Lipinski definition) is 1. The molecule has 2 aliphatic heterocycles. The predicted octanol–water partition coefficient (Wildman–Crippen LogP) is 4.82. The number of hydrogen-bond acceptors (Lipinski definition) is 6. The van der Waals surface area contributed by atoms with Crippen LogP contribution in [0.3, 0.4) is 0 Å². The Bertz CT molecular complexity index is 907. The lowest BCUT2D eigenvalue weighted by molar-refractivity contribution is -0.137. The van der Waals surface area contributed by atoms with Gasteiger partial charge in [0.15, 0.2) is 6.61 Å². The number of nitrogens with zero attached hydrogens (tertiary/aromatic N) is 2. The van der Waals surface area contributed by atoms with Crippen LogP contribution in [0, 0.1) is 0 Å². The molecule has 180 valence electrons. The van der Waals surface area contributed by atoms with Crippen LogP contribution in [0.5, 0.6) is 5.75 Å². The Morgan fingerprint density at radius 1 is 1.21 bits per heavy atom. The third-order valence-corrected chi connectivity index (χ3v) is 6.47. The van der Waals surface area contributed by atoms with Crippen LogP contribution in [-0.2, 0) is 27.2 Å². The van der Waals surface area contributed by atoms with Gasteiger partial charge in [0.2, 0.25) is 0 Å². The molecule has 1 fully saturated rings. The molecular formula is C25H33ClN2O5. The van der Waals surface area contributed by atoms with Crippen molar-refractivity contribution in [1.82, 2.24) is 4.90 Å². The van der Waals surface area contributed by atoms with Gasteiger partial charge in [0, 0.05) is 19.5 Å². The van der Waals surface area contributed by atoms with E-state index in [1.807, 2.05) is 24.0 Å². The van der Waals surface area contributed by atoms with Gasteiger partial charge in [-0.3, -0.25) is 4.79 Å². The molecule has 33 heavy (non-hydrogen) atoms. The predicted molar refractivity (Wildman–Crippen MR) is 128 cm³/mol. The molecule has 8 heteroatoms. The van der Waals surface area contributed by atoms with Gasteiger partial charge >= 0.3 is 5.97 Å². The summed E-state index contributed by atoms with van der Waals surface area (Å²) in [7, 11) is 0. The number of phenolic OH excluding ortho intramolecular Hbond substituents is 1. The minimum atomic E-state index is -0.479. The molecule has 1 N–H and O–H groups in total. The Labute approximate surface area is 200 Å². The third-order valence-electron chi connectivity index (χ3n) is 6.04. The van der Waals surface area contributed by atoms with Gasteiger partial charge in [0.05, 0.1) is 16.3 Å². The molecule has 0 aliphatic carbocycles. The molecule has 7 nitrogen and oxygen atoms in total. The second kappa shape index (κ2) is 12.6. The first-order valence-electron chi connectivity index (χ1n) is 11.8. The molecule has 1 aromatic rings. The number of aryl methyl sites for hydroxylation is 1. The molecule has 0 spiro atoms. The molecular weight excluding hydrogens is 444 g/mol. The number of benzene rings is 1. The molecule has 2 heterocycles. The average Bonchev–Trinajstić information content (AvgIpc) is 2.84. The number of rotatable bonds is 4. The number of carbonyl (C=O) groups is 2. The Balaban J connectivity index is 1.86. The van der Waals surface area contributed by atoms with Gasteiger partial charge < -0.3 is 19.6 Å². The van der Waals surface area contributed by atoms with Crippen LogP contribution >= 0.6 is 11.6 Å². The molecule has 0 saturated carbocycles. The first-order chi connectivity index (χ1) is 16.0. The average molecular weight is 477 g/mol. The van der Waals surface area contributed by atoms with Crippen LogP contribution in [0.25, 0.3) is 0 Å². The highest BCUT2D eigenvalue weighted by Crippen LogP contribution is 2.34. The Morgan fingerprint density at radius 3 is 2.76 bits per heavy atom. The number of oxime groups is 1. The molecule has 0 bridgehead atoms. The van der Waals surface area contributed by atoms with Gasteiger partial charge in [0.25, 0.3) is 5.91 Å². The fraction of sp³-hybridized carbons (Fsp3) is 0.560. The minimum Gasteiger partial charge on any atom is -0.506 e. The molecule has 0 atom stereocenters. The zero-order valence-corrected chi connectivity index (χ0v) is 20.0. The van der Waals surface area contributed by atoms with Crippen molar-refractivity contribution in [1.29, 1.82) is 0 Å². The number of aromatic hydroxyl groups is 1. The number of phenols is 1. The maximum atomic E-state index is 12.9. The number of amides is 1. The number of cyclic esters (lactones) is 1. The minimum absolute atomic E-state index is 0.0678. The van der Waals surface area contributed by atoms with Crippen LogP contribution in [0.1, 0.15) is 73.4 Å². The summed E-state index contributed by atoms with van der Waals surface area (Å²) >= 11 is 6.45. The number of piperidine rings is 1. The summed E-state index contributed by atoms with van der Waals surface area (Å²) in [6, 6.07) is 1.51. The SMILES string of the molecule is CCc1cc(O)c(Cl)c2c1C(=O)OC/C=C/CCCC/C(=N/OCC(=O)N1CCCCC1)C2. The zero-order valence-electron chi connectivity index (χ0n) is 19.3. The van der Waals surface area contributed by atoms with E-state index in [4.69, 9.17) is 21.2 Å². The highest BCUT2D eigenvalue weighted by Gasteiger charge is 2.24. The summed E-state index contributed by atoms with van der Waals surface area (Å²) in [5.74, 6) is -0.625. The Hall–Kier alpha value is -2.54. The molecule has 0 unspecified atom stereocenters. The molecule has 0 aromatic heterocycles. The first-order valence-corrected chi connectivity index (χ1v) is 12.2. The number of likely N-dealkylation sites (tertiary alicyclic amines) is 1. The van der Waals surface area contributed by atoms with Crippen LogP contribution in [-0.4, -0.2) is 53.9 Å². The largest absolute Gasteiger partial charge is 0.506 e. The Kier molecular flexibility index (Phi) is 9.61. The summed E-state index contributed by atoms with van der Waals surface area (Å²) in [6.45, 7) is 3.49. The smallest absolute Gasteiger partial charge is 0.339 e. The molecule has 1 saturated heterocycles. The van der Waals surface area contributed by atoms with E-state index in [0.29, 0.717) is 35.2 Å². The van der Waals surface area contributed by atoms with E-state index in [1.54, 1.807) is 0 Å². The normalized spacial score (nSPS) is 20.1. The van der Waals surface area contributed by atoms with Gasteiger partial charge in [-0.1, -0.05) is 35.8 Å². The maximum Gasteiger partial charge on any atom is 0.339 e. The van der Waals surface area contributed by atoms with E-state index in [0.717, 1.165) is 51.6 Å². The van der Waals surface area contributed by atoms with Crippen molar-refractivity contribution in [2.24, 2.45) is 5.16 Å². The number of carbonyl (C=O) groups excluding carboxylic acids is 2. The summed E-state index contributed by atoms with van der Waals surface area (Å²) in [5.41, 5.74) is 2.18. The van der Waals surface area contributed by atoms with Gasteiger partial charge in [-0.05, 0) is 68.6 Å². The summed E-state index contributed by atoms with van der Waals surface area (Å²) < 4.78 is 5.45. The van der Waals surface area contributed by atoms with E-state index in [9.17, 15) is 14.7 Å². The number of halogens is 1. The van der Waals surface area contributed by atoms with Crippen LogP contribution in [0.15, 0.2) is 23.4 Å². The maximum absolute atomic E-state index is 12.9. The van der Waals surface area contributed by atoms with Crippen molar-refractivity contribution < 1.29 is 24.3 Å². The Morgan fingerprint density at radius 2 is 2.00 bits per heavy atom. The molecule has 1 amide bonds.